The molecule has 1 aliphatic carbocycles. The van der Waals surface area contributed by atoms with E-state index in [1.807, 2.05) is 0 Å². The molecule has 2 aliphatic rings. The molecule has 2 atom stereocenters. The second-order valence-electron chi connectivity index (χ2n) is 6.50. The van der Waals surface area contributed by atoms with Gasteiger partial charge in [-0.2, -0.15) is 0 Å². The normalized spacial score (nSPS) is 34.5. The molecular formula is C14H25NO2. The van der Waals surface area contributed by atoms with Gasteiger partial charge in [0.2, 0.25) is 0 Å². The maximum Gasteiger partial charge on any atom is 0.308 e. The summed E-state index contributed by atoms with van der Waals surface area (Å²) in [6.07, 6.45) is 6.73. The fourth-order valence-corrected chi connectivity index (χ4v) is 3.44. The fraction of sp³-hybridized carbons (Fsp3) is 0.929. The number of carbonyl (C=O) groups is 1. The van der Waals surface area contributed by atoms with E-state index in [9.17, 15) is 9.90 Å². The van der Waals surface area contributed by atoms with E-state index in [2.05, 4.69) is 18.7 Å². The molecule has 98 valence electrons. The standard InChI is InChI=1S/C14H25NO2/c1-14(2)7-4-9-15(10-8-14)12-6-3-5-11(12)13(16)17/h11-12H,3-10H2,1-2H3,(H,16,17). The Morgan fingerprint density at radius 3 is 2.65 bits per heavy atom. The molecule has 1 aliphatic heterocycles. The van der Waals surface area contributed by atoms with Gasteiger partial charge in [-0.05, 0) is 50.6 Å². The molecule has 3 heteroatoms. The molecule has 1 saturated heterocycles. The highest BCUT2D eigenvalue weighted by Gasteiger charge is 2.37. The number of hydrogen-bond acceptors (Lipinski definition) is 2. The predicted octanol–water partition coefficient (Wildman–Crippen LogP) is 2.75. The van der Waals surface area contributed by atoms with E-state index in [1.54, 1.807) is 0 Å². The summed E-state index contributed by atoms with van der Waals surface area (Å²) in [5.74, 6) is -0.702. The number of carboxylic acid groups (broad SMARTS) is 1. The summed E-state index contributed by atoms with van der Waals surface area (Å²) in [6, 6.07) is 0.307. The minimum Gasteiger partial charge on any atom is -0.481 e. The van der Waals surface area contributed by atoms with E-state index in [-0.39, 0.29) is 5.92 Å². The Labute approximate surface area is 104 Å². The van der Waals surface area contributed by atoms with E-state index in [4.69, 9.17) is 0 Å². The number of aliphatic carboxylic acids is 1. The first-order valence-electron chi connectivity index (χ1n) is 6.96. The van der Waals surface area contributed by atoms with Crippen molar-refractivity contribution in [1.82, 2.24) is 4.90 Å². The summed E-state index contributed by atoms with van der Waals surface area (Å²) >= 11 is 0. The smallest absolute Gasteiger partial charge is 0.308 e. The topological polar surface area (TPSA) is 40.5 Å². The third kappa shape index (κ3) is 3.01. The first-order valence-corrected chi connectivity index (χ1v) is 6.96. The quantitative estimate of drug-likeness (QED) is 0.805. The highest BCUT2D eigenvalue weighted by atomic mass is 16.4. The van der Waals surface area contributed by atoms with Gasteiger partial charge in [0.1, 0.15) is 0 Å². The van der Waals surface area contributed by atoms with Crippen LogP contribution in [0.3, 0.4) is 0 Å². The van der Waals surface area contributed by atoms with Gasteiger partial charge in [0.05, 0.1) is 5.92 Å². The van der Waals surface area contributed by atoms with Crippen LogP contribution in [-0.4, -0.2) is 35.1 Å². The molecule has 0 aromatic heterocycles. The maximum absolute atomic E-state index is 11.2. The lowest BCUT2D eigenvalue weighted by Crippen LogP contribution is -2.41. The van der Waals surface area contributed by atoms with Crippen molar-refractivity contribution in [2.75, 3.05) is 13.1 Å². The molecule has 0 aromatic rings. The van der Waals surface area contributed by atoms with E-state index < -0.39 is 5.97 Å². The first kappa shape index (κ1) is 12.9. The van der Waals surface area contributed by atoms with Crippen LogP contribution in [0, 0.1) is 11.3 Å². The van der Waals surface area contributed by atoms with Crippen molar-refractivity contribution in [3.63, 3.8) is 0 Å². The van der Waals surface area contributed by atoms with E-state index in [0.29, 0.717) is 11.5 Å². The van der Waals surface area contributed by atoms with E-state index in [0.717, 1.165) is 32.4 Å². The van der Waals surface area contributed by atoms with Crippen LogP contribution in [0.1, 0.15) is 52.4 Å². The van der Waals surface area contributed by atoms with Crippen molar-refractivity contribution >= 4 is 5.97 Å². The monoisotopic (exact) mass is 239 g/mol. The Bertz CT molecular complexity index is 288. The fourth-order valence-electron chi connectivity index (χ4n) is 3.44. The molecule has 1 N–H and O–H groups in total. The number of carboxylic acids is 1. The van der Waals surface area contributed by atoms with Gasteiger partial charge in [-0.15, -0.1) is 0 Å². The first-order chi connectivity index (χ1) is 7.99. The van der Waals surface area contributed by atoms with E-state index in [1.165, 1.54) is 19.3 Å². The summed E-state index contributed by atoms with van der Waals surface area (Å²) in [4.78, 5) is 13.7. The van der Waals surface area contributed by atoms with Gasteiger partial charge < -0.3 is 5.11 Å². The molecule has 1 saturated carbocycles. The molecule has 2 rings (SSSR count). The minimum absolute atomic E-state index is 0.115. The molecule has 3 nitrogen and oxygen atoms in total. The van der Waals surface area contributed by atoms with Crippen LogP contribution >= 0.6 is 0 Å². The largest absolute Gasteiger partial charge is 0.481 e. The zero-order valence-electron chi connectivity index (χ0n) is 11.1. The number of likely N-dealkylation sites (tertiary alicyclic amines) is 1. The summed E-state index contributed by atoms with van der Waals surface area (Å²) in [5.41, 5.74) is 0.437. The minimum atomic E-state index is -0.587. The summed E-state index contributed by atoms with van der Waals surface area (Å²) < 4.78 is 0. The lowest BCUT2D eigenvalue weighted by Gasteiger charge is -2.31. The summed E-state index contributed by atoms with van der Waals surface area (Å²) in [5, 5.41) is 9.26. The Morgan fingerprint density at radius 2 is 1.94 bits per heavy atom. The lowest BCUT2D eigenvalue weighted by atomic mass is 9.85. The molecule has 0 radical (unpaired) electrons. The van der Waals surface area contributed by atoms with Crippen molar-refractivity contribution in [3.05, 3.63) is 0 Å². The Balaban J connectivity index is 2.00. The SMILES string of the molecule is CC1(C)CCCN(C2CCCC2C(=O)O)CC1. The average Bonchev–Trinajstić information content (AvgIpc) is 2.65. The molecule has 0 amide bonds. The zero-order valence-corrected chi connectivity index (χ0v) is 11.1. The molecule has 0 spiro atoms. The van der Waals surface area contributed by atoms with Crippen molar-refractivity contribution in [1.29, 1.82) is 0 Å². The summed E-state index contributed by atoms with van der Waals surface area (Å²) in [6.45, 7) is 6.85. The third-order valence-corrected chi connectivity index (χ3v) is 4.64. The Hall–Kier alpha value is -0.570. The number of nitrogens with zero attached hydrogens (tertiary/aromatic N) is 1. The number of hydrogen-bond donors (Lipinski definition) is 1. The van der Waals surface area contributed by atoms with Gasteiger partial charge in [0.15, 0.2) is 0 Å². The van der Waals surface area contributed by atoms with Crippen LogP contribution in [0.5, 0.6) is 0 Å². The van der Waals surface area contributed by atoms with Crippen LogP contribution < -0.4 is 0 Å². The van der Waals surface area contributed by atoms with Crippen molar-refractivity contribution in [2.24, 2.45) is 11.3 Å². The van der Waals surface area contributed by atoms with Gasteiger partial charge in [-0.1, -0.05) is 20.3 Å². The van der Waals surface area contributed by atoms with Gasteiger partial charge in [0, 0.05) is 6.04 Å². The highest BCUT2D eigenvalue weighted by Crippen LogP contribution is 2.35. The Morgan fingerprint density at radius 1 is 1.18 bits per heavy atom. The zero-order chi connectivity index (χ0) is 12.5. The second kappa shape index (κ2) is 4.97. The van der Waals surface area contributed by atoms with Crippen LogP contribution in [0.2, 0.25) is 0 Å². The number of rotatable bonds is 2. The van der Waals surface area contributed by atoms with Gasteiger partial charge >= 0.3 is 5.97 Å². The van der Waals surface area contributed by atoms with Crippen LogP contribution in [-0.2, 0) is 4.79 Å². The lowest BCUT2D eigenvalue weighted by molar-refractivity contribution is -0.143. The van der Waals surface area contributed by atoms with Gasteiger partial charge in [-0.3, -0.25) is 9.69 Å². The van der Waals surface area contributed by atoms with Crippen molar-refractivity contribution < 1.29 is 9.90 Å². The molecule has 17 heavy (non-hydrogen) atoms. The van der Waals surface area contributed by atoms with Gasteiger partial charge in [0.25, 0.3) is 0 Å². The molecule has 2 unspecified atom stereocenters. The highest BCUT2D eigenvalue weighted by molar-refractivity contribution is 5.71. The average molecular weight is 239 g/mol. The molecule has 1 heterocycles. The molecule has 2 fully saturated rings. The van der Waals surface area contributed by atoms with Gasteiger partial charge in [-0.25, -0.2) is 0 Å². The van der Waals surface area contributed by atoms with Crippen molar-refractivity contribution in [3.8, 4) is 0 Å². The molecular weight excluding hydrogens is 214 g/mol. The maximum atomic E-state index is 11.2. The second-order valence-corrected chi connectivity index (χ2v) is 6.50. The molecule has 0 aromatic carbocycles. The molecule has 0 bridgehead atoms. The van der Waals surface area contributed by atoms with Crippen LogP contribution in [0.15, 0.2) is 0 Å². The van der Waals surface area contributed by atoms with E-state index >= 15 is 0 Å². The predicted molar refractivity (Wildman–Crippen MR) is 68.0 cm³/mol. The third-order valence-electron chi connectivity index (χ3n) is 4.64. The Kier molecular flexibility index (Phi) is 3.76. The summed E-state index contributed by atoms with van der Waals surface area (Å²) in [7, 11) is 0. The van der Waals surface area contributed by atoms with Crippen LogP contribution in [0.25, 0.3) is 0 Å². The van der Waals surface area contributed by atoms with Crippen LogP contribution in [0.4, 0.5) is 0 Å². The van der Waals surface area contributed by atoms with Crippen molar-refractivity contribution in [2.45, 2.75) is 58.4 Å².